The fraction of sp³-hybridized carbons (Fsp3) is 0.375. The molecule has 15 heavy (non-hydrogen) atoms. The molecule has 0 atom stereocenters. The van der Waals surface area contributed by atoms with Crippen molar-refractivity contribution in [3.05, 3.63) is 26.9 Å². The molecule has 0 bridgehead atoms. The maximum absolute atomic E-state index is 10.5. The molecule has 1 N–H and O–H groups in total. The molecule has 1 aliphatic rings. The number of thioether (sulfide) groups is 1. The van der Waals surface area contributed by atoms with Crippen molar-refractivity contribution in [1.82, 2.24) is 4.98 Å². The van der Waals surface area contributed by atoms with Gasteiger partial charge in [-0.25, -0.2) is 4.98 Å². The quantitative estimate of drug-likeness (QED) is 0.683. The number of hydrogen-bond acceptors (Lipinski definition) is 5. The van der Waals surface area contributed by atoms with Gasteiger partial charge in [0.15, 0.2) is 0 Å². The Balaban J connectivity index is 2.14. The van der Waals surface area contributed by atoms with Crippen LogP contribution in [-0.2, 0) is 0 Å². The summed E-state index contributed by atoms with van der Waals surface area (Å²) in [5, 5.41) is 13.7. The summed E-state index contributed by atoms with van der Waals surface area (Å²) in [6.07, 6.45) is 1.26. The van der Waals surface area contributed by atoms with Gasteiger partial charge in [0.25, 0.3) is 5.69 Å². The van der Waals surface area contributed by atoms with E-state index in [1.165, 1.54) is 12.3 Å². The molecule has 1 aliphatic heterocycles. The summed E-state index contributed by atoms with van der Waals surface area (Å²) in [6, 6.07) is 1.89. The molecular formula is C8H8BrN3O2S. The molecule has 0 saturated carbocycles. The van der Waals surface area contributed by atoms with E-state index in [0.29, 0.717) is 16.3 Å². The first-order valence-electron chi connectivity index (χ1n) is 4.31. The summed E-state index contributed by atoms with van der Waals surface area (Å²) in [5.74, 6) is 2.79. The van der Waals surface area contributed by atoms with Crippen molar-refractivity contribution in [1.29, 1.82) is 0 Å². The smallest absolute Gasteiger partial charge is 0.288 e. The zero-order chi connectivity index (χ0) is 10.8. The van der Waals surface area contributed by atoms with Crippen molar-refractivity contribution in [2.45, 2.75) is 6.04 Å². The molecule has 1 aromatic heterocycles. The van der Waals surface area contributed by atoms with Gasteiger partial charge in [-0.1, -0.05) is 0 Å². The first-order valence-corrected chi connectivity index (χ1v) is 6.26. The Morgan fingerprint density at radius 1 is 1.67 bits per heavy atom. The van der Waals surface area contributed by atoms with E-state index in [1.54, 1.807) is 0 Å². The second-order valence-corrected chi connectivity index (χ2v) is 5.09. The van der Waals surface area contributed by atoms with E-state index >= 15 is 0 Å². The number of anilines is 1. The highest BCUT2D eigenvalue weighted by Gasteiger charge is 2.20. The van der Waals surface area contributed by atoms with Crippen LogP contribution in [-0.4, -0.2) is 27.5 Å². The maximum Gasteiger partial charge on any atom is 0.288 e. The Labute approximate surface area is 98.9 Å². The van der Waals surface area contributed by atoms with Gasteiger partial charge in [0.2, 0.25) is 0 Å². The third-order valence-electron chi connectivity index (χ3n) is 2.02. The lowest BCUT2D eigenvalue weighted by Crippen LogP contribution is -2.33. The molecule has 0 aromatic carbocycles. The molecule has 1 saturated heterocycles. The third-order valence-corrected chi connectivity index (χ3v) is 3.90. The van der Waals surface area contributed by atoms with E-state index in [4.69, 9.17) is 0 Å². The number of pyridine rings is 1. The van der Waals surface area contributed by atoms with Gasteiger partial charge < -0.3 is 5.32 Å². The summed E-state index contributed by atoms with van der Waals surface area (Å²) in [6.45, 7) is 0. The molecule has 0 radical (unpaired) electrons. The van der Waals surface area contributed by atoms with Gasteiger partial charge in [0.05, 0.1) is 9.40 Å². The lowest BCUT2D eigenvalue weighted by atomic mass is 10.3. The van der Waals surface area contributed by atoms with Crippen LogP contribution in [0.15, 0.2) is 16.7 Å². The number of halogens is 1. The predicted octanol–water partition coefficient (Wildman–Crippen LogP) is 2.28. The monoisotopic (exact) mass is 289 g/mol. The number of aromatic nitrogens is 1. The fourth-order valence-corrected chi connectivity index (χ4v) is 2.24. The first-order chi connectivity index (χ1) is 7.16. The molecule has 1 aromatic rings. The van der Waals surface area contributed by atoms with Crippen LogP contribution in [0.2, 0.25) is 0 Å². The molecule has 2 heterocycles. The summed E-state index contributed by atoms with van der Waals surface area (Å²) in [5.41, 5.74) is -0.00425. The zero-order valence-electron chi connectivity index (χ0n) is 7.64. The van der Waals surface area contributed by atoms with E-state index in [1.807, 2.05) is 11.8 Å². The van der Waals surface area contributed by atoms with Crippen LogP contribution in [0.25, 0.3) is 0 Å². The van der Waals surface area contributed by atoms with Crippen molar-refractivity contribution < 1.29 is 4.92 Å². The molecule has 7 heteroatoms. The van der Waals surface area contributed by atoms with Gasteiger partial charge in [0, 0.05) is 23.6 Å². The second-order valence-electron chi connectivity index (χ2n) is 3.16. The standard InChI is InChI=1S/C8H8BrN3O2S/c9-7-1-6(12(13)14)2-10-8(7)11-5-3-15-4-5/h1-2,5H,3-4H2,(H,10,11). The molecular weight excluding hydrogens is 282 g/mol. The Morgan fingerprint density at radius 3 is 2.87 bits per heavy atom. The van der Waals surface area contributed by atoms with Crippen LogP contribution in [0, 0.1) is 10.1 Å². The normalized spacial score (nSPS) is 15.8. The second kappa shape index (κ2) is 4.36. The summed E-state index contributed by atoms with van der Waals surface area (Å²) < 4.78 is 0.633. The van der Waals surface area contributed by atoms with Gasteiger partial charge in [-0.05, 0) is 15.9 Å². The molecule has 0 amide bonds. The molecule has 0 aliphatic carbocycles. The predicted molar refractivity (Wildman–Crippen MR) is 63.3 cm³/mol. The average molecular weight is 290 g/mol. The summed E-state index contributed by atoms with van der Waals surface area (Å²) in [7, 11) is 0. The Morgan fingerprint density at radius 2 is 2.40 bits per heavy atom. The SMILES string of the molecule is O=[N+]([O-])c1cnc(NC2CSC2)c(Br)c1. The number of hydrogen-bond donors (Lipinski definition) is 1. The van der Waals surface area contributed by atoms with Crippen LogP contribution in [0.3, 0.4) is 0 Å². The molecule has 0 spiro atoms. The molecule has 5 nitrogen and oxygen atoms in total. The largest absolute Gasteiger partial charge is 0.365 e. The summed E-state index contributed by atoms with van der Waals surface area (Å²) >= 11 is 5.13. The lowest BCUT2D eigenvalue weighted by Gasteiger charge is -2.26. The number of nitrogens with zero attached hydrogens (tertiary/aromatic N) is 2. The Bertz CT molecular complexity index is 397. The van der Waals surface area contributed by atoms with Gasteiger partial charge >= 0.3 is 0 Å². The van der Waals surface area contributed by atoms with E-state index in [2.05, 4.69) is 26.2 Å². The Hall–Kier alpha value is -0.820. The van der Waals surface area contributed by atoms with Crippen LogP contribution in [0.4, 0.5) is 11.5 Å². The summed E-state index contributed by atoms with van der Waals surface area (Å²) in [4.78, 5) is 14.0. The molecule has 80 valence electrons. The van der Waals surface area contributed by atoms with E-state index < -0.39 is 4.92 Å². The number of nitrogens with one attached hydrogen (secondary N) is 1. The molecule has 0 unspecified atom stereocenters. The molecule has 2 rings (SSSR count). The van der Waals surface area contributed by atoms with Crippen LogP contribution in [0.1, 0.15) is 0 Å². The highest BCUT2D eigenvalue weighted by atomic mass is 79.9. The van der Waals surface area contributed by atoms with Crippen LogP contribution in [0.5, 0.6) is 0 Å². The minimum atomic E-state index is -0.458. The Kier molecular flexibility index (Phi) is 3.11. The first kappa shape index (κ1) is 10.7. The highest BCUT2D eigenvalue weighted by Crippen LogP contribution is 2.28. The van der Waals surface area contributed by atoms with E-state index in [9.17, 15) is 10.1 Å². The number of nitro groups is 1. The van der Waals surface area contributed by atoms with Crippen LogP contribution >= 0.6 is 27.7 Å². The fourth-order valence-electron chi connectivity index (χ4n) is 1.15. The van der Waals surface area contributed by atoms with Crippen molar-refractivity contribution >= 4 is 39.2 Å². The minimum absolute atomic E-state index is 0.00425. The van der Waals surface area contributed by atoms with Crippen molar-refractivity contribution in [3.63, 3.8) is 0 Å². The highest BCUT2D eigenvalue weighted by molar-refractivity contribution is 9.10. The topological polar surface area (TPSA) is 68.1 Å². The van der Waals surface area contributed by atoms with Crippen molar-refractivity contribution in [3.8, 4) is 0 Å². The van der Waals surface area contributed by atoms with Gasteiger partial charge in [-0.15, -0.1) is 0 Å². The van der Waals surface area contributed by atoms with Crippen molar-refractivity contribution in [2.24, 2.45) is 0 Å². The van der Waals surface area contributed by atoms with Gasteiger partial charge in [-0.2, -0.15) is 11.8 Å². The van der Waals surface area contributed by atoms with Gasteiger partial charge in [0.1, 0.15) is 12.0 Å². The zero-order valence-corrected chi connectivity index (χ0v) is 10.0. The van der Waals surface area contributed by atoms with E-state index in [-0.39, 0.29) is 5.69 Å². The molecule has 1 fully saturated rings. The maximum atomic E-state index is 10.5. The van der Waals surface area contributed by atoms with Crippen LogP contribution < -0.4 is 5.32 Å². The van der Waals surface area contributed by atoms with Gasteiger partial charge in [-0.3, -0.25) is 10.1 Å². The average Bonchev–Trinajstić information content (AvgIpc) is 2.12. The van der Waals surface area contributed by atoms with Crippen molar-refractivity contribution in [2.75, 3.05) is 16.8 Å². The number of rotatable bonds is 3. The minimum Gasteiger partial charge on any atom is -0.365 e. The lowest BCUT2D eigenvalue weighted by molar-refractivity contribution is -0.385. The van der Waals surface area contributed by atoms with E-state index in [0.717, 1.165) is 11.5 Å². The third kappa shape index (κ3) is 2.40.